The van der Waals surface area contributed by atoms with Crippen molar-refractivity contribution < 1.29 is 19.0 Å². The molecule has 2 aromatic rings. The van der Waals surface area contributed by atoms with Gasteiger partial charge >= 0.3 is 0 Å². The third-order valence-corrected chi connectivity index (χ3v) is 4.46. The summed E-state index contributed by atoms with van der Waals surface area (Å²) >= 11 is 3.46. The highest BCUT2D eigenvalue weighted by atomic mass is 79.9. The Morgan fingerprint density at radius 2 is 1.76 bits per heavy atom. The molecule has 1 amide bonds. The van der Waals surface area contributed by atoms with Crippen LogP contribution in [0.5, 0.6) is 17.2 Å². The van der Waals surface area contributed by atoms with Crippen LogP contribution in [0.25, 0.3) is 0 Å². The first-order valence-electron chi connectivity index (χ1n) is 7.84. The molecule has 0 fully saturated rings. The minimum absolute atomic E-state index is 0.0682. The summed E-state index contributed by atoms with van der Waals surface area (Å²) in [5, 5.41) is 2.91. The molecule has 2 rings (SSSR count). The Bertz CT molecular complexity index is 761. The van der Waals surface area contributed by atoms with Gasteiger partial charge < -0.3 is 19.5 Å². The molecule has 0 aromatic heterocycles. The van der Waals surface area contributed by atoms with Crippen LogP contribution in [-0.2, 0) is 11.2 Å². The van der Waals surface area contributed by atoms with Gasteiger partial charge in [-0.15, -0.1) is 0 Å². The summed E-state index contributed by atoms with van der Waals surface area (Å²) in [6.07, 6.45) is 0.852. The van der Waals surface area contributed by atoms with Gasteiger partial charge in [-0.1, -0.05) is 12.1 Å². The molecule has 0 spiro atoms. The van der Waals surface area contributed by atoms with E-state index in [2.05, 4.69) is 21.2 Å². The number of methoxy groups -OCH3 is 3. The Morgan fingerprint density at radius 1 is 1.04 bits per heavy atom. The number of benzene rings is 2. The summed E-state index contributed by atoms with van der Waals surface area (Å²) in [6.45, 7) is 2.00. The molecule has 0 radical (unpaired) electrons. The molecule has 0 unspecified atom stereocenters. The van der Waals surface area contributed by atoms with E-state index in [9.17, 15) is 4.79 Å². The molecule has 6 heteroatoms. The lowest BCUT2D eigenvalue weighted by atomic mass is 10.1. The summed E-state index contributed by atoms with van der Waals surface area (Å²) in [5.41, 5.74) is 2.77. The number of hydrogen-bond acceptors (Lipinski definition) is 4. The third kappa shape index (κ3) is 4.66. The molecule has 25 heavy (non-hydrogen) atoms. The van der Waals surface area contributed by atoms with E-state index in [0.717, 1.165) is 21.3 Å². The Morgan fingerprint density at radius 3 is 2.36 bits per heavy atom. The zero-order chi connectivity index (χ0) is 18.4. The Labute approximate surface area is 156 Å². The fraction of sp³-hybridized carbons (Fsp3) is 0.316. The molecule has 0 saturated heterocycles. The van der Waals surface area contributed by atoms with Crippen molar-refractivity contribution in [2.24, 2.45) is 0 Å². The van der Waals surface area contributed by atoms with Crippen LogP contribution in [-0.4, -0.2) is 27.2 Å². The van der Waals surface area contributed by atoms with Crippen LogP contribution in [0.1, 0.15) is 17.5 Å². The first-order chi connectivity index (χ1) is 12.0. The van der Waals surface area contributed by atoms with Crippen LogP contribution in [0.2, 0.25) is 0 Å². The fourth-order valence-corrected chi connectivity index (χ4v) is 3.13. The number of ether oxygens (including phenoxy) is 3. The average molecular weight is 408 g/mol. The maximum Gasteiger partial charge on any atom is 0.224 e. The van der Waals surface area contributed by atoms with Crippen molar-refractivity contribution in [2.75, 3.05) is 26.6 Å². The summed E-state index contributed by atoms with van der Waals surface area (Å²) in [7, 11) is 4.71. The molecule has 2 aromatic carbocycles. The van der Waals surface area contributed by atoms with Crippen molar-refractivity contribution >= 4 is 27.5 Å². The number of carbonyl (C=O) groups is 1. The highest BCUT2D eigenvalue weighted by Crippen LogP contribution is 2.40. The quantitative estimate of drug-likeness (QED) is 0.740. The molecule has 0 aliphatic carbocycles. The molecule has 0 bridgehead atoms. The lowest BCUT2D eigenvalue weighted by Crippen LogP contribution is -2.13. The zero-order valence-corrected chi connectivity index (χ0v) is 16.4. The normalized spacial score (nSPS) is 10.3. The van der Waals surface area contributed by atoms with Gasteiger partial charge in [0.15, 0.2) is 11.5 Å². The van der Waals surface area contributed by atoms with Crippen molar-refractivity contribution in [1.82, 2.24) is 0 Å². The molecule has 0 saturated carbocycles. The summed E-state index contributed by atoms with van der Waals surface area (Å²) < 4.78 is 17.0. The molecular formula is C19H22BrNO4. The minimum atomic E-state index is -0.0682. The van der Waals surface area contributed by atoms with Crippen LogP contribution >= 0.6 is 15.9 Å². The molecule has 5 nitrogen and oxygen atoms in total. The summed E-state index contributed by atoms with van der Waals surface area (Å²) in [6, 6.07) is 9.50. The number of anilines is 1. The second-order valence-corrected chi connectivity index (χ2v) is 6.38. The maximum absolute atomic E-state index is 12.3. The molecular weight excluding hydrogens is 386 g/mol. The molecule has 0 aliphatic rings. The van der Waals surface area contributed by atoms with Crippen molar-refractivity contribution in [2.45, 2.75) is 19.8 Å². The van der Waals surface area contributed by atoms with E-state index >= 15 is 0 Å². The van der Waals surface area contributed by atoms with E-state index in [1.165, 1.54) is 0 Å². The second kappa shape index (κ2) is 8.76. The number of amides is 1. The van der Waals surface area contributed by atoms with Crippen LogP contribution in [0.3, 0.4) is 0 Å². The van der Waals surface area contributed by atoms with Gasteiger partial charge in [0.05, 0.1) is 27.0 Å². The van der Waals surface area contributed by atoms with Gasteiger partial charge in [-0.25, -0.2) is 0 Å². The van der Waals surface area contributed by atoms with Gasteiger partial charge in [-0.2, -0.15) is 0 Å². The minimum Gasteiger partial charge on any atom is -0.493 e. The van der Waals surface area contributed by atoms with E-state index in [1.807, 2.05) is 37.3 Å². The van der Waals surface area contributed by atoms with Crippen molar-refractivity contribution in [3.05, 3.63) is 45.9 Å². The van der Waals surface area contributed by atoms with Gasteiger partial charge in [-0.3, -0.25) is 4.79 Å². The fourth-order valence-electron chi connectivity index (χ4n) is 2.54. The second-order valence-electron chi connectivity index (χ2n) is 5.52. The van der Waals surface area contributed by atoms with Gasteiger partial charge in [-0.05, 0) is 58.6 Å². The van der Waals surface area contributed by atoms with Crippen LogP contribution in [0.15, 0.2) is 34.8 Å². The van der Waals surface area contributed by atoms with E-state index < -0.39 is 0 Å². The van der Waals surface area contributed by atoms with Crippen LogP contribution < -0.4 is 19.5 Å². The predicted octanol–water partition coefficient (Wildman–Crippen LogP) is 4.35. The van der Waals surface area contributed by atoms with Crippen molar-refractivity contribution in [3.63, 3.8) is 0 Å². The monoisotopic (exact) mass is 407 g/mol. The van der Waals surface area contributed by atoms with Gasteiger partial charge in [0.1, 0.15) is 0 Å². The third-order valence-electron chi connectivity index (χ3n) is 3.81. The summed E-state index contributed by atoms with van der Waals surface area (Å²) in [5.74, 6) is 1.65. The number of nitrogens with one attached hydrogen (secondary N) is 1. The molecule has 0 heterocycles. The van der Waals surface area contributed by atoms with Crippen LogP contribution in [0.4, 0.5) is 5.69 Å². The topological polar surface area (TPSA) is 56.8 Å². The van der Waals surface area contributed by atoms with E-state index in [0.29, 0.717) is 30.1 Å². The molecule has 1 N–H and O–H groups in total. The van der Waals surface area contributed by atoms with Crippen molar-refractivity contribution in [1.29, 1.82) is 0 Å². The smallest absolute Gasteiger partial charge is 0.224 e. The average Bonchev–Trinajstić information content (AvgIpc) is 2.61. The molecule has 0 aliphatic heterocycles. The highest BCUT2D eigenvalue weighted by Gasteiger charge is 2.16. The SMILES string of the molecule is COc1ccc(CCC(=O)Nc2ccc(C)cc2Br)c(OC)c1OC. The number of carbonyl (C=O) groups excluding carboxylic acids is 1. The maximum atomic E-state index is 12.3. The van der Waals surface area contributed by atoms with E-state index in [-0.39, 0.29) is 5.91 Å². The molecule has 0 atom stereocenters. The van der Waals surface area contributed by atoms with E-state index in [4.69, 9.17) is 14.2 Å². The van der Waals surface area contributed by atoms with E-state index in [1.54, 1.807) is 21.3 Å². The first kappa shape index (κ1) is 19.1. The van der Waals surface area contributed by atoms with Crippen LogP contribution in [0, 0.1) is 6.92 Å². The number of halogens is 1. The lowest BCUT2D eigenvalue weighted by Gasteiger charge is -2.15. The first-order valence-corrected chi connectivity index (χ1v) is 8.63. The highest BCUT2D eigenvalue weighted by molar-refractivity contribution is 9.10. The number of rotatable bonds is 7. The van der Waals surface area contributed by atoms with Crippen molar-refractivity contribution in [3.8, 4) is 17.2 Å². The van der Waals surface area contributed by atoms with Gasteiger partial charge in [0.25, 0.3) is 0 Å². The Kier molecular flexibility index (Phi) is 6.70. The number of hydrogen-bond donors (Lipinski definition) is 1. The largest absolute Gasteiger partial charge is 0.493 e. The Balaban J connectivity index is 2.09. The predicted molar refractivity (Wildman–Crippen MR) is 102 cm³/mol. The number of aryl methyl sites for hydroxylation is 2. The summed E-state index contributed by atoms with van der Waals surface area (Å²) in [4.78, 5) is 12.3. The standard InChI is InChI=1S/C19H22BrNO4/c1-12-5-8-15(14(20)11-12)21-17(22)10-7-13-6-9-16(23-2)19(25-4)18(13)24-3/h5-6,8-9,11H,7,10H2,1-4H3,(H,21,22). The van der Waals surface area contributed by atoms with Gasteiger partial charge in [0, 0.05) is 10.9 Å². The van der Waals surface area contributed by atoms with Gasteiger partial charge in [0.2, 0.25) is 11.7 Å². The zero-order valence-electron chi connectivity index (χ0n) is 14.8. The lowest BCUT2D eigenvalue weighted by molar-refractivity contribution is -0.116. The molecule has 134 valence electrons. The Hall–Kier alpha value is -2.21.